The van der Waals surface area contributed by atoms with Crippen molar-refractivity contribution in [1.29, 1.82) is 0 Å². The first kappa shape index (κ1) is 23.3. The maximum atomic E-state index is 6.55. The van der Waals surface area contributed by atoms with E-state index in [-0.39, 0.29) is 0 Å². The van der Waals surface area contributed by atoms with Crippen LogP contribution in [-0.2, 0) is 0 Å². The Morgan fingerprint density at radius 2 is 1.00 bits per heavy atom. The minimum Gasteiger partial charge on any atom is -0.455 e. The fourth-order valence-electron chi connectivity index (χ4n) is 5.46. The molecule has 0 N–H and O–H groups in total. The van der Waals surface area contributed by atoms with E-state index in [0.717, 1.165) is 44.0 Å². The molecule has 192 valence electrons. The van der Waals surface area contributed by atoms with Gasteiger partial charge in [-0.05, 0) is 46.2 Å². The number of para-hydroxylation sites is 1. The van der Waals surface area contributed by atoms with E-state index in [1.54, 1.807) is 0 Å². The van der Waals surface area contributed by atoms with E-state index in [1.807, 2.05) is 78.9 Å². The van der Waals surface area contributed by atoms with E-state index in [2.05, 4.69) is 60.7 Å². The molecule has 2 heterocycles. The van der Waals surface area contributed by atoms with Gasteiger partial charge in [0.05, 0.1) is 5.56 Å². The molecule has 2 aromatic heterocycles. The number of fused-ring (bicyclic) bond motifs is 4. The summed E-state index contributed by atoms with van der Waals surface area (Å²) in [5.74, 6) is 1.83. The summed E-state index contributed by atoms with van der Waals surface area (Å²) < 4.78 is 6.55. The minimum atomic E-state index is 0.582. The van der Waals surface area contributed by atoms with E-state index in [4.69, 9.17) is 19.4 Å². The SMILES string of the molecule is c1ccc(-c2ccc3cc4oc5c(-c6nc(-c7ccccc7)nc(-c7ccccc7)n6)cccc5c4cc3c2)cc1. The van der Waals surface area contributed by atoms with Gasteiger partial charge in [-0.25, -0.2) is 15.0 Å². The molecule has 8 aromatic rings. The minimum absolute atomic E-state index is 0.582. The van der Waals surface area contributed by atoms with Crippen LogP contribution in [0.2, 0.25) is 0 Å². The van der Waals surface area contributed by atoms with Crippen molar-refractivity contribution in [3.05, 3.63) is 140 Å². The molecule has 4 heteroatoms. The third-order valence-electron chi connectivity index (χ3n) is 7.50. The zero-order chi connectivity index (χ0) is 27.2. The lowest BCUT2D eigenvalue weighted by Crippen LogP contribution is -2.00. The second-order valence-electron chi connectivity index (χ2n) is 10.1. The zero-order valence-corrected chi connectivity index (χ0v) is 22.0. The molecule has 0 spiro atoms. The Hall–Kier alpha value is -5.61. The van der Waals surface area contributed by atoms with Gasteiger partial charge in [-0.2, -0.15) is 0 Å². The molecular weight excluding hydrogens is 502 g/mol. The van der Waals surface area contributed by atoms with Gasteiger partial charge < -0.3 is 4.42 Å². The summed E-state index contributed by atoms with van der Waals surface area (Å²) in [7, 11) is 0. The lowest BCUT2D eigenvalue weighted by Gasteiger charge is -2.08. The summed E-state index contributed by atoms with van der Waals surface area (Å²) in [4.78, 5) is 14.7. The van der Waals surface area contributed by atoms with Crippen molar-refractivity contribution in [2.45, 2.75) is 0 Å². The van der Waals surface area contributed by atoms with Crippen molar-refractivity contribution in [2.24, 2.45) is 0 Å². The van der Waals surface area contributed by atoms with Crippen molar-refractivity contribution >= 4 is 32.7 Å². The second-order valence-corrected chi connectivity index (χ2v) is 10.1. The number of benzene rings is 6. The summed E-state index contributed by atoms with van der Waals surface area (Å²) in [5.41, 5.74) is 6.71. The van der Waals surface area contributed by atoms with Crippen LogP contribution in [0.5, 0.6) is 0 Å². The third-order valence-corrected chi connectivity index (χ3v) is 7.50. The van der Waals surface area contributed by atoms with Gasteiger partial charge >= 0.3 is 0 Å². The molecule has 0 aliphatic rings. The van der Waals surface area contributed by atoms with Gasteiger partial charge in [-0.1, -0.05) is 115 Å². The predicted molar refractivity (Wildman–Crippen MR) is 166 cm³/mol. The summed E-state index contributed by atoms with van der Waals surface area (Å²) in [5, 5.41) is 4.41. The average molecular weight is 526 g/mol. The van der Waals surface area contributed by atoms with Crippen molar-refractivity contribution in [3.8, 4) is 45.3 Å². The molecule has 0 saturated heterocycles. The van der Waals surface area contributed by atoms with Crippen molar-refractivity contribution < 1.29 is 4.42 Å². The first-order chi connectivity index (χ1) is 20.3. The molecule has 0 fully saturated rings. The van der Waals surface area contributed by atoms with Crippen molar-refractivity contribution in [3.63, 3.8) is 0 Å². The molecule has 0 unspecified atom stereocenters. The summed E-state index contributed by atoms with van der Waals surface area (Å²) in [6.45, 7) is 0. The van der Waals surface area contributed by atoms with Gasteiger partial charge in [0.1, 0.15) is 11.2 Å². The Bertz CT molecular complexity index is 2130. The molecule has 4 nitrogen and oxygen atoms in total. The van der Waals surface area contributed by atoms with Crippen LogP contribution in [0.1, 0.15) is 0 Å². The van der Waals surface area contributed by atoms with E-state index < -0.39 is 0 Å². The molecule has 0 saturated carbocycles. The Morgan fingerprint density at radius 1 is 0.390 bits per heavy atom. The van der Waals surface area contributed by atoms with Crippen molar-refractivity contribution in [2.75, 3.05) is 0 Å². The normalized spacial score (nSPS) is 11.4. The lowest BCUT2D eigenvalue weighted by molar-refractivity contribution is 0.670. The van der Waals surface area contributed by atoms with Crippen LogP contribution in [0, 0.1) is 0 Å². The van der Waals surface area contributed by atoms with Crippen LogP contribution in [0.25, 0.3) is 78.0 Å². The van der Waals surface area contributed by atoms with Gasteiger partial charge in [-0.15, -0.1) is 0 Å². The maximum absolute atomic E-state index is 6.55. The first-order valence-electron chi connectivity index (χ1n) is 13.6. The summed E-state index contributed by atoms with van der Waals surface area (Å²) >= 11 is 0. The largest absolute Gasteiger partial charge is 0.455 e. The van der Waals surface area contributed by atoms with Gasteiger partial charge in [0.2, 0.25) is 0 Å². The molecule has 0 amide bonds. The maximum Gasteiger partial charge on any atom is 0.167 e. The topological polar surface area (TPSA) is 51.8 Å². The zero-order valence-electron chi connectivity index (χ0n) is 22.0. The van der Waals surface area contributed by atoms with E-state index in [9.17, 15) is 0 Å². The van der Waals surface area contributed by atoms with Crippen molar-refractivity contribution in [1.82, 2.24) is 15.0 Å². The second kappa shape index (κ2) is 9.54. The average Bonchev–Trinajstić information content (AvgIpc) is 3.42. The highest BCUT2D eigenvalue weighted by Gasteiger charge is 2.18. The Kier molecular flexibility index (Phi) is 5.42. The summed E-state index contributed by atoms with van der Waals surface area (Å²) in [6, 6.07) is 47.6. The summed E-state index contributed by atoms with van der Waals surface area (Å²) in [6.07, 6.45) is 0. The van der Waals surface area contributed by atoms with Crippen LogP contribution in [0.3, 0.4) is 0 Å². The van der Waals surface area contributed by atoms with Gasteiger partial charge in [0, 0.05) is 21.9 Å². The van der Waals surface area contributed by atoms with Gasteiger partial charge in [-0.3, -0.25) is 0 Å². The predicted octanol–water partition coefficient (Wildman–Crippen LogP) is 9.59. The van der Waals surface area contributed by atoms with Crippen LogP contribution < -0.4 is 0 Å². The fourth-order valence-corrected chi connectivity index (χ4v) is 5.46. The molecule has 0 aliphatic carbocycles. The Morgan fingerprint density at radius 3 is 1.66 bits per heavy atom. The number of hydrogen-bond donors (Lipinski definition) is 0. The van der Waals surface area contributed by atoms with Gasteiger partial charge in [0.25, 0.3) is 0 Å². The molecule has 0 aliphatic heterocycles. The fraction of sp³-hybridized carbons (Fsp3) is 0. The lowest BCUT2D eigenvalue weighted by atomic mass is 9.99. The highest BCUT2D eigenvalue weighted by atomic mass is 16.3. The molecule has 8 rings (SSSR count). The van der Waals surface area contributed by atoms with Crippen LogP contribution >= 0.6 is 0 Å². The molecule has 6 aromatic carbocycles. The molecular formula is C37H23N3O. The number of nitrogens with zero attached hydrogens (tertiary/aromatic N) is 3. The number of aromatic nitrogens is 3. The molecule has 0 bridgehead atoms. The Balaban J connectivity index is 1.33. The standard InChI is InChI=1S/C37H23N3O/c1-4-11-24(12-5-1)27-19-20-28-23-33-32(22-29(28)21-27)30-17-10-18-31(34(30)41-33)37-39-35(25-13-6-2-7-14-25)38-36(40-37)26-15-8-3-9-16-26/h1-23H. The van der Waals surface area contributed by atoms with E-state index in [0.29, 0.717) is 17.5 Å². The van der Waals surface area contributed by atoms with Crippen LogP contribution in [0.4, 0.5) is 0 Å². The highest BCUT2D eigenvalue weighted by Crippen LogP contribution is 2.38. The van der Waals surface area contributed by atoms with E-state index in [1.165, 1.54) is 16.5 Å². The molecule has 41 heavy (non-hydrogen) atoms. The number of rotatable bonds is 4. The van der Waals surface area contributed by atoms with Crippen LogP contribution in [-0.4, -0.2) is 15.0 Å². The molecule has 0 radical (unpaired) electrons. The molecule has 0 atom stereocenters. The quantitative estimate of drug-likeness (QED) is 0.230. The monoisotopic (exact) mass is 525 g/mol. The van der Waals surface area contributed by atoms with E-state index >= 15 is 0 Å². The third kappa shape index (κ3) is 4.14. The highest BCUT2D eigenvalue weighted by molar-refractivity contribution is 6.13. The van der Waals surface area contributed by atoms with Gasteiger partial charge in [0.15, 0.2) is 17.5 Å². The number of hydrogen-bond acceptors (Lipinski definition) is 4. The number of furan rings is 1. The Labute approximate surface area is 236 Å². The smallest absolute Gasteiger partial charge is 0.167 e. The first-order valence-corrected chi connectivity index (χ1v) is 13.6. The van der Waals surface area contributed by atoms with Crippen LogP contribution in [0.15, 0.2) is 144 Å².